The minimum atomic E-state index is -0.0913. The number of carbonyl (C=O) groups is 2. The minimum absolute atomic E-state index is 0.0450. The highest BCUT2D eigenvalue weighted by atomic mass is 32.2. The molecule has 2 amide bonds. The molecule has 6 heteroatoms. The summed E-state index contributed by atoms with van der Waals surface area (Å²) in [5.41, 5.74) is 1.29. The number of para-hydroxylation sites is 1. The van der Waals surface area contributed by atoms with Crippen molar-refractivity contribution in [1.82, 2.24) is 9.80 Å². The first-order chi connectivity index (χ1) is 11.6. The smallest absolute Gasteiger partial charge is 0.288 e. The van der Waals surface area contributed by atoms with Crippen LogP contribution < -0.4 is 4.74 Å². The molecular weight excluding hydrogens is 324 g/mol. The van der Waals surface area contributed by atoms with Gasteiger partial charge in [-0.25, -0.2) is 0 Å². The topological polar surface area (TPSA) is 49.9 Å². The highest BCUT2D eigenvalue weighted by Gasteiger charge is 2.29. The van der Waals surface area contributed by atoms with Crippen LogP contribution in [0, 0.1) is 0 Å². The normalized spacial score (nSPS) is 20.4. The van der Waals surface area contributed by atoms with E-state index in [9.17, 15) is 9.59 Å². The summed E-state index contributed by atoms with van der Waals surface area (Å²) in [5.74, 6) is 1.27. The first-order valence-corrected chi connectivity index (χ1v) is 9.55. The number of rotatable bonds is 7. The molecule has 1 saturated heterocycles. The molecule has 0 N–H and O–H groups in total. The standard InChI is InChI=1S/C18H24N2O3S/c1-19(17-10-9-14-7-3-4-8-15(14)23-17)11-5-2-6-12-20-16(21)13-24-18(20)22/h3-4,7-8,17H,2,5-6,9-13H2,1H3. The lowest BCUT2D eigenvalue weighted by Crippen LogP contribution is -2.39. The van der Waals surface area contributed by atoms with Gasteiger partial charge in [0.2, 0.25) is 5.91 Å². The molecule has 2 heterocycles. The Morgan fingerprint density at radius 3 is 2.88 bits per heavy atom. The van der Waals surface area contributed by atoms with Crippen molar-refractivity contribution >= 4 is 22.9 Å². The fourth-order valence-corrected chi connectivity index (χ4v) is 3.92. The van der Waals surface area contributed by atoms with Crippen molar-refractivity contribution in [1.29, 1.82) is 0 Å². The zero-order chi connectivity index (χ0) is 16.9. The van der Waals surface area contributed by atoms with Gasteiger partial charge in [-0.1, -0.05) is 36.4 Å². The van der Waals surface area contributed by atoms with E-state index in [0.29, 0.717) is 12.3 Å². The van der Waals surface area contributed by atoms with Gasteiger partial charge >= 0.3 is 0 Å². The molecule has 1 unspecified atom stereocenters. The maximum absolute atomic E-state index is 11.5. The zero-order valence-corrected chi connectivity index (χ0v) is 14.9. The number of aryl methyl sites for hydroxylation is 1. The molecule has 130 valence electrons. The Kier molecular flexibility index (Phi) is 5.79. The number of unbranched alkanes of at least 4 members (excludes halogenated alkanes) is 2. The molecule has 2 aliphatic rings. The van der Waals surface area contributed by atoms with Gasteiger partial charge in [-0.05, 0) is 37.9 Å². The third-order valence-corrected chi connectivity index (χ3v) is 5.48. The largest absolute Gasteiger partial charge is 0.475 e. The van der Waals surface area contributed by atoms with E-state index in [0.717, 1.165) is 56.2 Å². The van der Waals surface area contributed by atoms with Crippen LogP contribution in [0.5, 0.6) is 5.75 Å². The van der Waals surface area contributed by atoms with Crippen molar-refractivity contribution in [3.05, 3.63) is 29.8 Å². The minimum Gasteiger partial charge on any atom is -0.475 e. The molecule has 5 nitrogen and oxygen atoms in total. The van der Waals surface area contributed by atoms with E-state index in [1.165, 1.54) is 10.5 Å². The van der Waals surface area contributed by atoms with Crippen LogP contribution in [-0.2, 0) is 11.2 Å². The van der Waals surface area contributed by atoms with Crippen LogP contribution in [0.15, 0.2) is 24.3 Å². The highest BCUT2D eigenvalue weighted by Crippen LogP contribution is 2.28. The maximum atomic E-state index is 11.5. The molecule has 1 atom stereocenters. The molecule has 0 radical (unpaired) electrons. The van der Waals surface area contributed by atoms with Crippen LogP contribution in [-0.4, -0.2) is 53.1 Å². The van der Waals surface area contributed by atoms with Crippen LogP contribution in [0.4, 0.5) is 4.79 Å². The molecule has 0 aromatic heterocycles. The number of nitrogens with zero attached hydrogens (tertiary/aromatic N) is 2. The van der Waals surface area contributed by atoms with E-state index in [1.54, 1.807) is 0 Å². The Morgan fingerprint density at radius 2 is 2.08 bits per heavy atom. The summed E-state index contributed by atoms with van der Waals surface area (Å²) in [6.07, 6.45) is 5.14. The number of ether oxygens (including phenoxy) is 1. The third kappa shape index (κ3) is 4.11. The molecule has 3 rings (SSSR count). The van der Waals surface area contributed by atoms with Crippen LogP contribution >= 0.6 is 11.8 Å². The van der Waals surface area contributed by atoms with Gasteiger partial charge in [0.25, 0.3) is 5.24 Å². The van der Waals surface area contributed by atoms with Crippen molar-refractivity contribution in [2.24, 2.45) is 0 Å². The summed E-state index contributed by atoms with van der Waals surface area (Å²) in [4.78, 5) is 26.7. The Balaban J connectivity index is 1.35. The molecule has 0 aliphatic carbocycles. The predicted molar refractivity (Wildman–Crippen MR) is 95.2 cm³/mol. The summed E-state index contributed by atoms with van der Waals surface area (Å²) in [6, 6.07) is 8.24. The van der Waals surface area contributed by atoms with Gasteiger partial charge in [0, 0.05) is 19.5 Å². The van der Waals surface area contributed by atoms with Crippen LogP contribution in [0.1, 0.15) is 31.2 Å². The van der Waals surface area contributed by atoms with Crippen molar-refractivity contribution in [3.63, 3.8) is 0 Å². The Morgan fingerprint density at radius 1 is 1.25 bits per heavy atom. The molecular formula is C18H24N2O3S. The van der Waals surface area contributed by atoms with Gasteiger partial charge in [-0.2, -0.15) is 0 Å². The zero-order valence-electron chi connectivity index (χ0n) is 14.1. The van der Waals surface area contributed by atoms with Gasteiger partial charge in [-0.15, -0.1) is 0 Å². The third-order valence-electron chi connectivity index (χ3n) is 4.62. The Bertz CT molecular complexity index is 592. The number of amides is 2. The summed E-state index contributed by atoms with van der Waals surface area (Å²) >= 11 is 1.11. The lowest BCUT2D eigenvalue weighted by Gasteiger charge is -2.32. The van der Waals surface area contributed by atoms with Crippen LogP contribution in [0.2, 0.25) is 0 Å². The quantitative estimate of drug-likeness (QED) is 0.709. The Labute approximate surface area is 147 Å². The van der Waals surface area contributed by atoms with Crippen molar-refractivity contribution in [3.8, 4) is 5.75 Å². The first-order valence-electron chi connectivity index (χ1n) is 8.57. The average molecular weight is 348 g/mol. The average Bonchev–Trinajstić information content (AvgIpc) is 2.92. The molecule has 1 fully saturated rings. The van der Waals surface area contributed by atoms with E-state index in [1.807, 2.05) is 12.1 Å². The van der Waals surface area contributed by atoms with Gasteiger partial charge in [0.15, 0.2) is 6.23 Å². The molecule has 2 aliphatic heterocycles. The number of hydrogen-bond acceptors (Lipinski definition) is 5. The number of carbonyl (C=O) groups excluding carboxylic acids is 2. The summed E-state index contributed by atoms with van der Waals surface area (Å²) in [7, 11) is 2.10. The number of thioether (sulfide) groups is 1. The highest BCUT2D eigenvalue weighted by molar-refractivity contribution is 8.14. The summed E-state index contributed by atoms with van der Waals surface area (Å²) in [6.45, 7) is 1.52. The van der Waals surface area contributed by atoms with E-state index < -0.39 is 0 Å². The van der Waals surface area contributed by atoms with Crippen molar-refractivity contribution in [2.45, 2.75) is 38.3 Å². The summed E-state index contributed by atoms with van der Waals surface area (Å²) in [5, 5.41) is -0.0913. The summed E-state index contributed by atoms with van der Waals surface area (Å²) < 4.78 is 6.09. The second kappa shape index (κ2) is 8.03. The molecule has 1 aromatic carbocycles. The number of imide groups is 1. The molecule has 0 saturated carbocycles. The number of fused-ring (bicyclic) bond motifs is 1. The number of benzene rings is 1. The second-order valence-electron chi connectivity index (χ2n) is 6.36. The van der Waals surface area contributed by atoms with Gasteiger partial charge in [0.1, 0.15) is 5.75 Å². The molecule has 0 bridgehead atoms. The molecule has 1 aromatic rings. The Hall–Kier alpha value is -1.53. The fourth-order valence-electron chi connectivity index (χ4n) is 3.17. The molecule has 24 heavy (non-hydrogen) atoms. The lowest BCUT2D eigenvalue weighted by molar-refractivity contribution is -0.124. The van der Waals surface area contributed by atoms with E-state index in [4.69, 9.17) is 4.74 Å². The predicted octanol–water partition coefficient (Wildman–Crippen LogP) is 3.14. The SMILES string of the molecule is CN(CCCCCN1C(=O)CSC1=O)C1CCc2ccccc2O1. The maximum Gasteiger partial charge on any atom is 0.288 e. The van der Waals surface area contributed by atoms with Gasteiger partial charge < -0.3 is 4.74 Å². The first kappa shape index (κ1) is 17.3. The second-order valence-corrected chi connectivity index (χ2v) is 7.29. The van der Waals surface area contributed by atoms with E-state index >= 15 is 0 Å². The van der Waals surface area contributed by atoms with E-state index in [2.05, 4.69) is 24.1 Å². The van der Waals surface area contributed by atoms with Gasteiger partial charge in [-0.3, -0.25) is 19.4 Å². The van der Waals surface area contributed by atoms with Crippen molar-refractivity contribution in [2.75, 3.05) is 25.9 Å². The molecule has 0 spiro atoms. The lowest BCUT2D eigenvalue weighted by atomic mass is 10.0. The van der Waals surface area contributed by atoms with Crippen molar-refractivity contribution < 1.29 is 14.3 Å². The monoisotopic (exact) mass is 348 g/mol. The number of hydrogen-bond donors (Lipinski definition) is 0. The van der Waals surface area contributed by atoms with Gasteiger partial charge in [0.05, 0.1) is 5.75 Å². The fraction of sp³-hybridized carbons (Fsp3) is 0.556. The van der Waals surface area contributed by atoms with Crippen LogP contribution in [0.3, 0.4) is 0 Å². The van der Waals surface area contributed by atoms with E-state index in [-0.39, 0.29) is 17.4 Å². The van der Waals surface area contributed by atoms with Crippen LogP contribution in [0.25, 0.3) is 0 Å².